The van der Waals surface area contributed by atoms with Crippen LogP contribution in [0.15, 0.2) is 34.5 Å². The Morgan fingerprint density at radius 1 is 1.28 bits per heavy atom. The van der Waals surface area contributed by atoms with Crippen LogP contribution in [-0.4, -0.2) is 34.2 Å². The fourth-order valence-electron chi connectivity index (χ4n) is 1.97. The number of nitrogens with zero attached hydrogens (tertiary/aromatic N) is 1. The molecule has 3 aromatic rings. The number of anilines is 1. The van der Waals surface area contributed by atoms with E-state index in [0.29, 0.717) is 22.0 Å². The zero-order valence-corrected chi connectivity index (χ0v) is 14.4. The molecular formula is C15H13N5O3S2. The molecule has 3 aromatic heterocycles. The van der Waals surface area contributed by atoms with Crippen molar-refractivity contribution < 1.29 is 14.4 Å². The van der Waals surface area contributed by atoms with E-state index in [4.69, 9.17) is 5.73 Å². The number of aromatic amines is 1. The minimum absolute atomic E-state index is 0.153. The molecule has 0 unspecified atom stereocenters. The third kappa shape index (κ3) is 4.11. The number of H-pyrrole nitrogens is 1. The Hall–Kier alpha value is -2.98. The van der Waals surface area contributed by atoms with Crippen molar-refractivity contribution in [2.24, 2.45) is 5.73 Å². The van der Waals surface area contributed by atoms with Crippen LogP contribution < -0.4 is 16.4 Å². The first-order chi connectivity index (χ1) is 12.0. The van der Waals surface area contributed by atoms with Crippen molar-refractivity contribution in [1.82, 2.24) is 15.3 Å². The predicted molar refractivity (Wildman–Crippen MR) is 95.7 cm³/mol. The summed E-state index contributed by atoms with van der Waals surface area (Å²) in [6.07, 6.45) is 1.61. The van der Waals surface area contributed by atoms with Crippen molar-refractivity contribution >= 4 is 45.5 Å². The number of thiazole rings is 1. The van der Waals surface area contributed by atoms with Gasteiger partial charge >= 0.3 is 0 Å². The Morgan fingerprint density at radius 2 is 2.12 bits per heavy atom. The van der Waals surface area contributed by atoms with Gasteiger partial charge in [0.1, 0.15) is 5.69 Å². The number of nitrogens with one attached hydrogen (secondary N) is 3. The number of primary amides is 1. The Kier molecular flexibility index (Phi) is 4.91. The van der Waals surface area contributed by atoms with Gasteiger partial charge in [0, 0.05) is 28.1 Å². The molecule has 0 aliphatic rings. The molecule has 128 valence electrons. The highest BCUT2D eigenvalue weighted by Crippen LogP contribution is 2.25. The van der Waals surface area contributed by atoms with Crippen molar-refractivity contribution in [2.75, 3.05) is 11.9 Å². The molecule has 0 aromatic carbocycles. The van der Waals surface area contributed by atoms with Crippen LogP contribution in [0.5, 0.6) is 0 Å². The monoisotopic (exact) mass is 375 g/mol. The summed E-state index contributed by atoms with van der Waals surface area (Å²) in [5.41, 5.74) is 7.29. The van der Waals surface area contributed by atoms with Crippen LogP contribution in [0.3, 0.4) is 0 Å². The van der Waals surface area contributed by atoms with Gasteiger partial charge in [0.15, 0.2) is 5.13 Å². The van der Waals surface area contributed by atoms with Crippen molar-refractivity contribution in [3.63, 3.8) is 0 Å². The summed E-state index contributed by atoms with van der Waals surface area (Å²) < 4.78 is 0. The van der Waals surface area contributed by atoms with Crippen LogP contribution in [-0.2, 0) is 4.79 Å². The predicted octanol–water partition coefficient (Wildman–Crippen LogP) is 1.67. The Balaban J connectivity index is 1.56. The molecule has 0 atom stereocenters. The molecule has 0 radical (unpaired) electrons. The van der Waals surface area contributed by atoms with Gasteiger partial charge in [0.05, 0.1) is 12.2 Å². The molecule has 10 heteroatoms. The molecule has 0 aliphatic heterocycles. The van der Waals surface area contributed by atoms with E-state index in [2.05, 4.69) is 20.6 Å². The van der Waals surface area contributed by atoms with Gasteiger partial charge < -0.3 is 21.4 Å². The highest BCUT2D eigenvalue weighted by atomic mass is 32.1. The maximum atomic E-state index is 11.9. The molecule has 0 fully saturated rings. The first kappa shape index (κ1) is 16.9. The van der Waals surface area contributed by atoms with Gasteiger partial charge in [-0.25, -0.2) is 4.98 Å². The molecule has 3 rings (SSSR count). The molecule has 3 heterocycles. The number of carbonyl (C=O) groups excluding carboxylic acids is 3. The number of hydrogen-bond donors (Lipinski definition) is 4. The zero-order chi connectivity index (χ0) is 17.8. The summed E-state index contributed by atoms with van der Waals surface area (Å²) in [4.78, 5) is 41.8. The average Bonchev–Trinajstić information content (AvgIpc) is 3.31. The molecular weight excluding hydrogens is 362 g/mol. The van der Waals surface area contributed by atoms with Crippen LogP contribution in [0.4, 0.5) is 5.13 Å². The maximum Gasteiger partial charge on any atom is 0.265 e. The van der Waals surface area contributed by atoms with Crippen molar-refractivity contribution in [2.45, 2.75) is 0 Å². The highest BCUT2D eigenvalue weighted by Gasteiger charge is 2.12. The second kappa shape index (κ2) is 7.28. The van der Waals surface area contributed by atoms with Gasteiger partial charge in [-0.2, -0.15) is 11.3 Å². The summed E-state index contributed by atoms with van der Waals surface area (Å²) in [7, 11) is 0. The minimum Gasteiger partial charge on any atom is -0.364 e. The van der Waals surface area contributed by atoms with Crippen LogP contribution in [0.1, 0.15) is 20.8 Å². The quantitative estimate of drug-likeness (QED) is 0.522. The lowest BCUT2D eigenvalue weighted by atomic mass is 10.2. The van der Waals surface area contributed by atoms with Crippen molar-refractivity contribution in [3.05, 3.63) is 45.7 Å². The lowest BCUT2D eigenvalue weighted by Crippen LogP contribution is -2.32. The van der Waals surface area contributed by atoms with Gasteiger partial charge in [0.25, 0.3) is 11.8 Å². The number of rotatable bonds is 6. The van der Waals surface area contributed by atoms with E-state index in [1.165, 1.54) is 22.7 Å². The van der Waals surface area contributed by atoms with Crippen LogP contribution in [0, 0.1) is 0 Å². The van der Waals surface area contributed by atoms with E-state index < -0.39 is 5.91 Å². The Labute approximate surface area is 150 Å². The standard InChI is InChI=1S/C15H13N5O3S2/c16-13(22)10-3-9(4-17-10)11-7-25-15(19-11)20-12(21)5-18-14(23)8-1-2-24-6-8/h1-4,6-7,17H,5H2,(H2,16,22)(H,18,23)(H,19,20,21). The van der Waals surface area contributed by atoms with E-state index in [-0.39, 0.29) is 24.1 Å². The third-order valence-electron chi connectivity index (χ3n) is 3.19. The van der Waals surface area contributed by atoms with E-state index >= 15 is 0 Å². The largest absolute Gasteiger partial charge is 0.364 e. The number of aromatic nitrogens is 2. The fraction of sp³-hybridized carbons (Fsp3) is 0.0667. The second-order valence-corrected chi connectivity index (χ2v) is 6.59. The van der Waals surface area contributed by atoms with E-state index in [1.54, 1.807) is 34.5 Å². The molecule has 0 saturated carbocycles. The number of amides is 3. The third-order valence-corrected chi connectivity index (χ3v) is 4.63. The summed E-state index contributed by atoms with van der Waals surface area (Å²) in [6.45, 7) is -0.153. The summed E-state index contributed by atoms with van der Waals surface area (Å²) in [6, 6.07) is 3.27. The van der Waals surface area contributed by atoms with Gasteiger partial charge in [-0.05, 0) is 17.5 Å². The Bertz CT molecular complexity index is 913. The van der Waals surface area contributed by atoms with Gasteiger partial charge in [0.2, 0.25) is 5.91 Å². The van der Waals surface area contributed by atoms with Crippen LogP contribution in [0.25, 0.3) is 11.3 Å². The van der Waals surface area contributed by atoms with Crippen molar-refractivity contribution in [1.29, 1.82) is 0 Å². The van der Waals surface area contributed by atoms with E-state index in [9.17, 15) is 14.4 Å². The van der Waals surface area contributed by atoms with E-state index in [1.807, 2.05) is 0 Å². The smallest absolute Gasteiger partial charge is 0.265 e. The molecule has 5 N–H and O–H groups in total. The SMILES string of the molecule is NC(=O)c1cc(-c2csc(NC(=O)CNC(=O)c3ccsc3)n2)c[nH]1. The van der Waals surface area contributed by atoms with Crippen LogP contribution in [0.2, 0.25) is 0 Å². The minimum atomic E-state index is -0.559. The molecule has 0 aliphatic carbocycles. The molecule has 8 nitrogen and oxygen atoms in total. The Morgan fingerprint density at radius 3 is 2.80 bits per heavy atom. The number of nitrogens with two attached hydrogens (primary N) is 1. The number of thiophene rings is 1. The molecule has 0 bridgehead atoms. The number of carbonyl (C=O) groups is 3. The van der Waals surface area contributed by atoms with Crippen molar-refractivity contribution in [3.8, 4) is 11.3 Å². The van der Waals surface area contributed by atoms with Gasteiger partial charge in [-0.1, -0.05) is 0 Å². The second-order valence-electron chi connectivity index (χ2n) is 4.95. The first-order valence-corrected chi connectivity index (χ1v) is 8.89. The summed E-state index contributed by atoms with van der Waals surface area (Å²) >= 11 is 2.65. The lowest BCUT2D eigenvalue weighted by molar-refractivity contribution is -0.115. The molecule has 0 saturated heterocycles. The molecule has 25 heavy (non-hydrogen) atoms. The normalized spacial score (nSPS) is 10.4. The number of hydrogen-bond acceptors (Lipinski definition) is 6. The van der Waals surface area contributed by atoms with Crippen LogP contribution >= 0.6 is 22.7 Å². The molecule has 0 spiro atoms. The average molecular weight is 375 g/mol. The topological polar surface area (TPSA) is 130 Å². The molecule has 3 amide bonds. The van der Waals surface area contributed by atoms with E-state index in [0.717, 1.165) is 0 Å². The first-order valence-electron chi connectivity index (χ1n) is 7.07. The zero-order valence-electron chi connectivity index (χ0n) is 12.7. The summed E-state index contributed by atoms with van der Waals surface area (Å²) in [5.74, 6) is -1.24. The maximum absolute atomic E-state index is 11.9. The fourth-order valence-corrected chi connectivity index (χ4v) is 3.34. The highest BCUT2D eigenvalue weighted by molar-refractivity contribution is 7.14. The lowest BCUT2D eigenvalue weighted by Gasteiger charge is -2.03. The van der Waals surface area contributed by atoms with Gasteiger partial charge in [-0.15, -0.1) is 11.3 Å². The summed E-state index contributed by atoms with van der Waals surface area (Å²) in [5, 5.41) is 10.8. The van der Waals surface area contributed by atoms with Gasteiger partial charge in [-0.3, -0.25) is 14.4 Å².